The first kappa shape index (κ1) is 25.7. The molecule has 6 heteroatoms. The Labute approximate surface area is 228 Å². The van der Waals surface area contributed by atoms with E-state index < -0.39 is 29.1 Å². The molecule has 0 saturated heterocycles. The first-order valence-electron chi connectivity index (χ1n) is 13.5. The molecule has 3 aromatic carbocycles. The number of hydrogen-bond acceptors (Lipinski definition) is 6. The Hall–Kier alpha value is -3.58. The number of aliphatic hydroxyl groups excluding tert-OH is 2. The Morgan fingerprint density at radius 1 is 1.05 bits per heavy atom. The van der Waals surface area contributed by atoms with Crippen LogP contribution in [0.25, 0.3) is 0 Å². The molecule has 1 aliphatic heterocycles. The number of methoxy groups -OCH3 is 1. The smallest absolute Gasteiger partial charge is 0.176 e. The van der Waals surface area contributed by atoms with Gasteiger partial charge in [-0.3, -0.25) is 0 Å². The lowest BCUT2D eigenvalue weighted by Gasteiger charge is -2.42. The third-order valence-corrected chi connectivity index (χ3v) is 8.56. The van der Waals surface area contributed by atoms with Gasteiger partial charge in [0.05, 0.1) is 18.8 Å². The van der Waals surface area contributed by atoms with Gasteiger partial charge in [-0.15, -0.1) is 0 Å². The van der Waals surface area contributed by atoms with Gasteiger partial charge in [0, 0.05) is 30.6 Å². The zero-order valence-corrected chi connectivity index (χ0v) is 22.2. The Morgan fingerprint density at radius 2 is 1.82 bits per heavy atom. The van der Waals surface area contributed by atoms with E-state index in [1.54, 1.807) is 12.1 Å². The van der Waals surface area contributed by atoms with Crippen molar-refractivity contribution in [3.05, 3.63) is 113 Å². The monoisotopic (exact) mass is 526 g/mol. The highest BCUT2D eigenvalue weighted by Crippen LogP contribution is 2.69. The number of aryl methyl sites for hydroxylation is 1. The van der Waals surface area contributed by atoms with Gasteiger partial charge in [-0.05, 0) is 30.9 Å². The number of allylic oxidation sites excluding steroid dienone is 3. The number of benzene rings is 3. The molecule has 1 heterocycles. The van der Waals surface area contributed by atoms with Crippen molar-refractivity contribution in [3.63, 3.8) is 0 Å². The Bertz CT molecular complexity index is 1410. The maximum Gasteiger partial charge on any atom is 0.176 e. The van der Waals surface area contributed by atoms with Crippen LogP contribution in [0.5, 0.6) is 17.2 Å². The Morgan fingerprint density at radius 3 is 2.49 bits per heavy atom. The van der Waals surface area contributed by atoms with Gasteiger partial charge in [-0.1, -0.05) is 84.0 Å². The topological polar surface area (TPSA) is 88.4 Å². The number of ether oxygens (including phenoxy) is 3. The lowest BCUT2D eigenvalue weighted by atomic mass is 9.69. The maximum atomic E-state index is 12.8. The molecule has 3 aromatic rings. The van der Waals surface area contributed by atoms with Gasteiger partial charge >= 0.3 is 0 Å². The Balaban J connectivity index is 1.54. The first-order chi connectivity index (χ1) is 18.9. The summed E-state index contributed by atoms with van der Waals surface area (Å²) in [6.07, 6.45) is 6.40. The average Bonchev–Trinajstić information content (AvgIpc) is 3.34. The molecule has 0 bridgehead atoms. The van der Waals surface area contributed by atoms with Crippen LogP contribution in [0, 0.1) is 18.8 Å². The minimum Gasteiger partial charge on any atom is -0.496 e. The largest absolute Gasteiger partial charge is 0.496 e. The quantitative estimate of drug-likeness (QED) is 0.405. The fourth-order valence-electron chi connectivity index (χ4n) is 6.79. The third kappa shape index (κ3) is 3.81. The van der Waals surface area contributed by atoms with Crippen LogP contribution < -0.4 is 14.2 Å². The van der Waals surface area contributed by atoms with Crippen molar-refractivity contribution in [3.8, 4) is 17.2 Å². The van der Waals surface area contributed by atoms with Crippen molar-refractivity contribution in [1.82, 2.24) is 0 Å². The molecule has 1 unspecified atom stereocenters. The second-order valence-corrected chi connectivity index (χ2v) is 10.7. The number of hydrogen-bond donors (Lipinski definition) is 3. The molecule has 1 fully saturated rings. The van der Waals surface area contributed by atoms with E-state index in [1.807, 2.05) is 73.7 Å². The molecule has 39 heavy (non-hydrogen) atoms. The lowest BCUT2D eigenvalue weighted by molar-refractivity contribution is -0.155. The minimum atomic E-state index is -1.89. The van der Waals surface area contributed by atoms with E-state index in [0.717, 1.165) is 35.1 Å². The van der Waals surface area contributed by atoms with Crippen LogP contribution in [0.15, 0.2) is 90.5 Å². The summed E-state index contributed by atoms with van der Waals surface area (Å²) in [5, 5.41) is 35.2. The molecule has 2 aliphatic carbocycles. The van der Waals surface area contributed by atoms with Crippen molar-refractivity contribution in [2.45, 2.75) is 43.7 Å². The van der Waals surface area contributed by atoms with Crippen molar-refractivity contribution in [2.75, 3.05) is 13.7 Å². The lowest BCUT2D eigenvalue weighted by Crippen LogP contribution is -2.52. The predicted octanol–water partition coefficient (Wildman–Crippen LogP) is 4.93. The highest BCUT2D eigenvalue weighted by atomic mass is 16.5. The third-order valence-electron chi connectivity index (χ3n) is 8.56. The van der Waals surface area contributed by atoms with Crippen molar-refractivity contribution in [2.24, 2.45) is 11.8 Å². The fourth-order valence-corrected chi connectivity index (χ4v) is 6.79. The molecule has 3 N–H and O–H groups in total. The highest BCUT2D eigenvalue weighted by molar-refractivity contribution is 5.62. The van der Waals surface area contributed by atoms with Gasteiger partial charge in [-0.25, -0.2) is 0 Å². The van der Waals surface area contributed by atoms with E-state index in [9.17, 15) is 15.3 Å². The number of aliphatic hydroxyl groups is 3. The molecule has 0 amide bonds. The molecule has 5 atom stereocenters. The predicted molar refractivity (Wildman–Crippen MR) is 148 cm³/mol. The zero-order valence-electron chi connectivity index (χ0n) is 22.2. The van der Waals surface area contributed by atoms with Crippen molar-refractivity contribution >= 4 is 0 Å². The van der Waals surface area contributed by atoms with Gasteiger partial charge in [0.25, 0.3) is 0 Å². The van der Waals surface area contributed by atoms with Gasteiger partial charge < -0.3 is 29.5 Å². The van der Waals surface area contributed by atoms with E-state index in [1.165, 1.54) is 7.11 Å². The molecule has 0 aromatic heterocycles. The normalized spacial score (nSPS) is 28.8. The molecule has 0 radical (unpaired) electrons. The number of fused-ring (bicyclic) bond motifs is 3. The second kappa shape index (κ2) is 9.87. The maximum absolute atomic E-state index is 12.8. The van der Waals surface area contributed by atoms with E-state index in [0.29, 0.717) is 29.4 Å². The van der Waals surface area contributed by atoms with E-state index in [4.69, 9.17) is 14.2 Å². The molecule has 0 spiro atoms. The summed E-state index contributed by atoms with van der Waals surface area (Å²) >= 11 is 0. The van der Waals surface area contributed by atoms with Crippen LogP contribution in [0.1, 0.15) is 35.1 Å². The summed E-state index contributed by atoms with van der Waals surface area (Å²) in [5.74, 6) is 0.150. The van der Waals surface area contributed by atoms with Gasteiger partial charge in [0.1, 0.15) is 23.9 Å². The van der Waals surface area contributed by atoms with Crippen LogP contribution in [0.4, 0.5) is 0 Å². The Kier molecular flexibility index (Phi) is 6.50. The second-order valence-electron chi connectivity index (χ2n) is 10.7. The average molecular weight is 527 g/mol. The van der Waals surface area contributed by atoms with Crippen molar-refractivity contribution in [1.29, 1.82) is 0 Å². The first-order valence-corrected chi connectivity index (χ1v) is 13.5. The molecule has 6 rings (SSSR count). The zero-order chi connectivity index (χ0) is 27.2. The molecule has 1 saturated carbocycles. The van der Waals surface area contributed by atoms with Crippen molar-refractivity contribution < 1.29 is 29.5 Å². The number of rotatable bonds is 7. The molecular formula is C33H34O6. The fraction of sp³-hybridized carbons (Fsp3) is 0.333. The SMILES string of the molecule is COc1cc(OCc2ccccc2)cc2c1C1(O)[C@H](O)[C@H](CO)[C@@H](C3=CC=CCC3)[C@]1(c1ccc(C)cc1)O2. The standard InChI is InChI=1S/C33H34O6/c1-21-13-15-24(16-14-21)33-29(23-11-7-4-8-12-23)26(19-34)31(35)32(33,36)30-27(37-2)17-25(18-28(30)39-33)38-20-22-9-5-3-6-10-22/h3-7,9-11,13-18,26,29,31,34-36H,8,12,19-20H2,1-2H3/t26-,29-,31-,32?,33+/m1/s1. The van der Waals surface area contributed by atoms with Crippen LogP contribution in [-0.2, 0) is 17.8 Å². The minimum absolute atomic E-state index is 0.303. The van der Waals surface area contributed by atoms with Gasteiger partial charge in [-0.2, -0.15) is 0 Å². The molecule has 6 nitrogen and oxygen atoms in total. The summed E-state index contributed by atoms with van der Waals surface area (Å²) in [6, 6.07) is 21.2. The van der Waals surface area contributed by atoms with Crippen LogP contribution in [0.3, 0.4) is 0 Å². The summed E-state index contributed by atoms with van der Waals surface area (Å²) in [7, 11) is 1.53. The summed E-state index contributed by atoms with van der Waals surface area (Å²) < 4.78 is 18.8. The molecule has 3 aliphatic rings. The van der Waals surface area contributed by atoms with Gasteiger partial charge in [0.15, 0.2) is 11.2 Å². The summed E-state index contributed by atoms with van der Waals surface area (Å²) in [5.41, 5.74) is 0.938. The van der Waals surface area contributed by atoms with Gasteiger partial charge in [0.2, 0.25) is 0 Å². The summed E-state index contributed by atoms with van der Waals surface area (Å²) in [6.45, 7) is 2.05. The van der Waals surface area contributed by atoms with Crippen LogP contribution in [-0.4, -0.2) is 35.1 Å². The van der Waals surface area contributed by atoms with E-state index in [2.05, 4.69) is 6.08 Å². The highest BCUT2D eigenvalue weighted by Gasteiger charge is 2.76. The van der Waals surface area contributed by atoms with E-state index >= 15 is 0 Å². The van der Waals surface area contributed by atoms with Crippen LogP contribution in [0.2, 0.25) is 0 Å². The van der Waals surface area contributed by atoms with E-state index in [-0.39, 0.29) is 6.61 Å². The molecule has 202 valence electrons. The van der Waals surface area contributed by atoms with Crippen LogP contribution >= 0.6 is 0 Å². The molecular weight excluding hydrogens is 492 g/mol. The summed E-state index contributed by atoms with van der Waals surface area (Å²) in [4.78, 5) is 0.